The second-order valence-electron chi connectivity index (χ2n) is 5.88. The Kier molecular flexibility index (Phi) is 8.37. The van der Waals surface area contributed by atoms with E-state index in [-0.39, 0.29) is 29.5 Å². The first kappa shape index (κ1) is 20.7. The number of anilines is 1. The summed E-state index contributed by atoms with van der Waals surface area (Å²) in [4.78, 5) is 41.5. The number of amides is 2. The van der Waals surface area contributed by atoms with Crippen LogP contribution >= 0.6 is 27.7 Å². The van der Waals surface area contributed by atoms with E-state index in [2.05, 4.69) is 31.0 Å². The highest BCUT2D eigenvalue weighted by Crippen LogP contribution is 2.20. The van der Waals surface area contributed by atoms with E-state index in [1.165, 1.54) is 18.9 Å². The van der Waals surface area contributed by atoms with Crippen molar-refractivity contribution in [3.05, 3.63) is 22.8 Å². The molecule has 1 aliphatic heterocycles. The fraction of sp³-hybridized carbons (Fsp3) is 0.529. The summed E-state index contributed by atoms with van der Waals surface area (Å²) in [5, 5.41) is 2.82. The van der Waals surface area contributed by atoms with Gasteiger partial charge in [-0.25, -0.2) is 4.98 Å². The minimum atomic E-state index is -0.283. The van der Waals surface area contributed by atoms with Crippen LogP contribution in [-0.4, -0.2) is 59.4 Å². The Balaban J connectivity index is 1.69. The third-order valence-electron chi connectivity index (χ3n) is 4.10. The molecule has 0 unspecified atom stereocenters. The van der Waals surface area contributed by atoms with Crippen molar-refractivity contribution in [3.63, 3.8) is 0 Å². The first-order valence-electron chi connectivity index (χ1n) is 8.34. The first-order chi connectivity index (χ1) is 12.5. The van der Waals surface area contributed by atoms with E-state index in [9.17, 15) is 14.4 Å². The second kappa shape index (κ2) is 10.5. The van der Waals surface area contributed by atoms with Crippen LogP contribution in [0, 0.1) is 5.92 Å². The number of piperidine rings is 1. The SMILES string of the molecule is COC(=O)CSCCC(=O)N1CCC(C(=O)Nc2ccc(Br)cn2)CC1. The zero-order chi connectivity index (χ0) is 18.9. The molecule has 0 aromatic carbocycles. The average Bonchev–Trinajstić information content (AvgIpc) is 2.66. The van der Waals surface area contributed by atoms with Gasteiger partial charge >= 0.3 is 5.97 Å². The van der Waals surface area contributed by atoms with E-state index in [1.54, 1.807) is 17.2 Å². The number of nitrogens with one attached hydrogen (secondary N) is 1. The van der Waals surface area contributed by atoms with Crippen LogP contribution in [-0.2, 0) is 19.1 Å². The predicted octanol–water partition coefficient (Wildman–Crippen LogP) is 2.32. The standard InChI is InChI=1S/C17H22BrN3O4S/c1-25-16(23)11-26-9-6-15(22)21-7-4-12(5-8-21)17(24)20-14-3-2-13(18)10-19-14/h2-3,10,12H,4-9,11H2,1H3,(H,19,20,24). The van der Waals surface area contributed by atoms with Crippen LogP contribution in [0.4, 0.5) is 5.82 Å². The number of carbonyl (C=O) groups is 3. The molecule has 0 radical (unpaired) electrons. The van der Waals surface area contributed by atoms with Crippen LogP contribution in [0.15, 0.2) is 22.8 Å². The molecule has 2 rings (SSSR count). The molecule has 1 saturated heterocycles. The summed E-state index contributed by atoms with van der Waals surface area (Å²) < 4.78 is 5.41. The van der Waals surface area contributed by atoms with Gasteiger partial charge in [-0.3, -0.25) is 14.4 Å². The van der Waals surface area contributed by atoms with Gasteiger partial charge in [0.2, 0.25) is 11.8 Å². The van der Waals surface area contributed by atoms with Crippen LogP contribution in [0.3, 0.4) is 0 Å². The number of ether oxygens (including phenoxy) is 1. The first-order valence-corrected chi connectivity index (χ1v) is 10.3. The number of aromatic nitrogens is 1. The smallest absolute Gasteiger partial charge is 0.315 e. The Bertz CT molecular complexity index is 633. The third-order valence-corrected chi connectivity index (χ3v) is 5.51. The maximum Gasteiger partial charge on any atom is 0.315 e. The molecule has 0 atom stereocenters. The number of pyridine rings is 1. The fourth-order valence-corrected chi connectivity index (χ4v) is 3.58. The van der Waals surface area contributed by atoms with Gasteiger partial charge in [0.05, 0.1) is 12.9 Å². The van der Waals surface area contributed by atoms with Gasteiger partial charge in [0.1, 0.15) is 5.82 Å². The van der Waals surface area contributed by atoms with Crippen molar-refractivity contribution >= 4 is 51.3 Å². The number of carbonyl (C=O) groups excluding carboxylic acids is 3. The molecular formula is C17H22BrN3O4S. The highest BCUT2D eigenvalue weighted by molar-refractivity contribution is 9.10. The number of methoxy groups -OCH3 is 1. The summed E-state index contributed by atoms with van der Waals surface area (Å²) in [5.74, 6) is 0.989. The highest BCUT2D eigenvalue weighted by Gasteiger charge is 2.27. The lowest BCUT2D eigenvalue weighted by atomic mass is 9.95. The minimum Gasteiger partial charge on any atom is -0.468 e. The van der Waals surface area contributed by atoms with E-state index in [0.717, 1.165) is 4.47 Å². The van der Waals surface area contributed by atoms with Crippen LogP contribution < -0.4 is 5.32 Å². The monoisotopic (exact) mass is 443 g/mol. The molecule has 9 heteroatoms. The van der Waals surface area contributed by atoms with Gasteiger partial charge in [-0.15, -0.1) is 11.8 Å². The summed E-state index contributed by atoms with van der Waals surface area (Å²) in [6.45, 7) is 1.15. The van der Waals surface area contributed by atoms with Crippen LogP contribution in [0.25, 0.3) is 0 Å². The topological polar surface area (TPSA) is 88.6 Å². The Hall–Kier alpha value is -1.61. The molecule has 26 heavy (non-hydrogen) atoms. The van der Waals surface area contributed by atoms with E-state index in [0.29, 0.717) is 43.9 Å². The lowest BCUT2D eigenvalue weighted by molar-refractivity contribution is -0.137. The molecule has 1 fully saturated rings. The van der Waals surface area contributed by atoms with Crippen molar-refractivity contribution in [2.24, 2.45) is 5.92 Å². The largest absolute Gasteiger partial charge is 0.468 e. The van der Waals surface area contributed by atoms with Crippen molar-refractivity contribution in [2.45, 2.75) is 19.3 Å². The number of halogens is 1. The van der Waals surface area contributed by atoms with Crippen molar-refractivity contribution in [1.29, 1.82) is 0 Å². The van der Waals surface area contributed by atoms with Gasteiger partial charge in [0.15, 0.2) is 0 Å². The molecule has 0 spiro atoms. The number of thioether (sulfide) groups is 1. The van der Waals surface area contributed by atoms with Crippen molar-refractivity contribution in [1.82, 2.24) is 9.88 Å². The van der Waals surface area contributed by atoms with Gasteiger partial charge < -0.3 is 15.0 Å². The number of likely N-dealkylation sites (tertiary alicyclic amines) is 1. The molecule has 0 aliphatic carbocycles. The quantitative estimate of drug-likeness (QED) is 0.513. The summed E-state index contributed by atoms with van der Waals surface area (Å²) in [7, 11) is 1.35. The molecular weight excluding hydrogens is 422 g/mol. The Labute approximate surface area is 165 Å². The lowest BCUT2D eigenvalue weighted by Gasteiger charge is -2.31. The van der Waals surface area contributed by atoms with Crippen molar-refractivity contribution in [3.8, 4) is 0 Å². The van der Waals surface area contributed by atoms with E-state index < -0.39 is 0 Å². The van der Waals surface area contributed by atoms with Gasteiger partial charge in [0.25, 0.3) is 0 Å². The number of esters is 1. The van der Waals surface area contributed by atoms with E-state index >= 15 is 0 Å². The van der Waals surface area contributed by atoms with Crippen molar-refractivity contribution in [2.75, 3.05) is 37.0 Å². The zero-order valence-electron chi connectivity index (χ0n) is 14.6. The maximum absolute atomic E-state index is 12.3. The predicted molar refractivity (Wildman–Crippen MR) is 104 cm³/mol. The molecule has 1 aliphatic rings. The molecule has 0 saturated carbocycles. The van der Waals surface area contributed by atoms with E-state index in [1.807, 2.05) is 6.07 Å². The van der Waals surface area contributed by atoms with Gasteiger partial charge in [0, 0.05) is 41.9 Å². The van der Waals surface area contributed by atoms with Gasteiger partial charge in [-0.2, -0.15) is 0 Å². The number of hydrogen-bond donors (Lipinski definition) is 1. The zero-order valence-corrected chi connectivity index (χ0v) is 17.0. The molecule has 1 aromatic heterocycles. The number of hydrogen-bond acceptors (Lipinski definition) is 6. The highest BCUT2D eigenvalue weighted by atomic mass is 79.9. The maximum atomic E-state index is 12.3. The molecule has 1 aromatic rings. The summed E-state index contributed by atoms with van der Waals surface area (Å²) in [6, 6.07) is 3.56. The molecule has 2 heterocycles. The van der Waals surface area contributed by atoms with Crippen LogP contribution in [0.1, 0.15) is 19.3 Å². The average molecular weight is 444 g/mol. The number of nitrogens with zero attached hydrogens (tertiary/aromatic N) is 2. The van der Waals surface area contributed by atoms with Gasteiger partial charge in [-0.05, 0) is 40.9 Å². The molecule has 7 nitrogen and oxygen atoms in total. The van der Waals surface area contributed by atoms with Crippen LogP contribution in [0.2, 0.25) is 0 Å². The summed E-state index contributed by atoms with van der Waals surface area (Å²) >= 11 is 4.69. The molecule has 0 bridgehead atoms. The normalized spacial score (nSPS) is 14.8. The second-order valence-corrected chi connectivity index (χ2v) is 7.91. The van der Waals surface area contributed by atoms with Gasteiger partial charge in [-0.1, -0.05) is 0 Å². The lowest BCUT2D eigenvalue weighted by Crippen LogP contribution is -2.41. The molecule has 1 N–H and O–H groups in total. The molecule has 2 amide bonds. The Morgan fingerprint density at radius 1 is 1.35 bits per heavy atom. The van der Waals surface area contributed by atoms with Crippen molar-refractivity contribution < 1.29 is 19.1 Å². The fourth-order valence-electron chi connectivity index (χ4n) is 2.60. The summed E-state index contributed by atoms with van der Waals surface area (Å²) in [6.07, 6.45) is 3.31. The minimum absolute atomic E-state index is 0.0550. The summed E-state index contributed by atoms with van der Waals surface area (Å²) in [5.41, 5.74) is 0. The third kappa shape index (κ3) is 6.60. The number of rotatable bonds is 7. The molecule has 142 valence electrons. The van der Waals surface area contributed by atoms with Crippen LogP contribution in [0.5, 0.6) is 0 Å². The van der Waals surface area contributed by atoms with E-state index in [4.69, 9.17) is 0 Å². The Morgan fingerprint density at radius 2 is 2.08 bits per heavy atom. The Morgan fingerprint density at radius 3 is 2.69 bits per heavy atom.